The predicted octanol–water partition coefficient (Wildman–Crippen LogP) is 2.44. The second-order valence-corrected chi connectivity index (χ2v) is 18.0. The molecule has 0 radical (unpaired) electrons. The number of nitrogen functional groups attached to an aromatic ring is 1. The molecule has 24 heteroatoms. The minimum absolute atomic E-state index is 0.0106. The monoisotopic (exact) mass is 1050 g/mol. The van der Waals surface area contributed by atoms with Crippen molar-refractivity contribution in [2.24, 2.45) is 7.05 Å². The fourth-order valence-corrected chi connectivity index (χ4v) is 8.64. The molecule has 5 atom stereocenters. The number of aliphatic carboxylic acids is 1. The number of amides is 3. The Hall–Kier alpha value is -7.06. The molecule has 1 fully saturated rings. The zero-order valence-corrected chi connectivity index (χ0v) is 41.1. The van der Waals surface area contributed by atoms with E-state index in [9.17, 15) is 57.6 Å². The molecule has 2 aromatic heterocycles. The number of carbonyl (C=O) groups excluding carboxylic acids is 4. The molecule has 0 spiro atoms. The van der Waals surface area contributed by atoms with Gasteiger partial charge in [0.25, 0.3) is 0 Å². The summed E-state index contributed by atoms with van der Waals surface area (Å²) in [5.41, 5.74) is 10.2. The predicted molar refractivity (Wildman–Crippen MR) is 261 cm³/mol. The maximum absolute atomic E-state index is 13.4. The highest BCUT2D eigenvalue weighted by atomic mass is 19.4. The largest absolute Gasteiger partial charge is 0.479 e. The average Bonchev–Trinajstić information content (AvgIpc) is 3.96. The molecule has 0 saturated carbocycles. The number of nitrogens with one attached hydrogen (secondary N) is 2. The number of aliphatic hydroxyl groups excluding tert-OH is 3. The van der Waals surface area contributed by atoms with Gasteiger partial charge < -0.3 is 65.4 Å². The first-order chi connectivity index (χ1) is 35.8. The fraction of sp³-hybridized carbons (Fsp3) is 0.431. The number of rotatable bonds is 24. The van der Waals surface area contributed by atoms with Crippen LogP contribution in [-0.4, -0.2) is 143 Å². The third kappa shape index (κ3) is 14.2. The van der Waals surface area contributed by atoms with Gasteiger partial charge in [-0.3, -0.25) is 23.7 Å². The van der Waals surface area contributed by atoms with Gasteiger partial charge in [0.2, 0.25) is 41.8 Å². The summed E-state index contributed by atoms with van der Waals surface area (Å²) in [6.45, 7) is 3.49. The summed E-state index contributed by atoms with van der Waals surface area (Å²) in [6, 6.07) is 14.9. The molecule has 0 unspecified atom stereocenters. The lowest BCUT2D eigenvalue weighted by Gasteiger charge is -2.38. The zero-order valence-electron chi connectivity index (χ0n) is 41.1. The van der Waals surface area contributed by atoms with Crippen molar-refractivity contribution in [3.05, 3.63) is 95.4 Å². The van der Waals surface area contributed by atoms with Crippen LogP contribution >= 0.6 is 0 Å². The van der Waals surface area contributed by atoms with Crippen molar-refractivity contribution in [3.63, 3.8) is 0 Å². The Morgan fingerprint density at radius 2 is 1.59 bits per heavy atom. The number of ketones is 1. The summed E-state index contributed by atoms with van der Waals surface area (Å²) >= 11 is 0. The van der Waals surface area contributed by atoms with E-state index in [0.717, 1.165) is 28.8 Å². The van der Waals surface area contributed by atoms with Crippen molar-refractivity contribution in [2.75, 3.05) is 68.7 Å². The maximum atomic E-state index is 13.4. The molecule has 402 valence electrons. The van der Waals surface area contributed by atoms with Crippen LogP contribution in [0.25, 0.3) is 22.2 Å². The van der Waals surface area contributed by atoms with Crippen LogP contribution in [0, 0.1) is 0 Å². The van der Waals surface area contributed by atoms with Gasteiger partial charge in [-0.05, 0) is 65.9 Å². The summed E-state index contributed by atoms with van der Waals surface area (Å²) in [7, 11) is 1.82. The van der Waals surface area contributed by atoms with Crippen molar-refractivity contribution < 1.29 is 85.8 Å². The molecule has 0 bridgehead atoms. The minimum Gasteiger partial charge on any atom is -0.479 e. The van der Waals surface area contributed by atoms with Crippen LogP contribution in [0.2, 0.25) is 0 Å². The van der Waals surface area contributed by atoms with Gasteiger partial charge >= 0.3 is 12.1 Å². The van der Waals surface area contributed by atoms with Crippen LogP contribution < -0.4 is 30.6 Å². The van der Waals surface area contributed by atoms with Gasteiger partial charge in [-0.25, -0.2) is 9.36 Å². The number of hydrogen-bond acceptors (Lipinski definition) is 15. The Bertz CT molecular complexity index is 2880. The van der Waals surface area contributed by atoms with Crippen molar-refractivity contribution in [3.8, 4) is 16.9 Å². The number of Topliss-reactive ketones (excluding diaryl/α,β-unsaturated/α-hetero) is 1. The van der Waals surface area contributed by atoms with Crippen molar-refractivity contribution in [1.82, 2.24) is 14.9 Å². The van der Waals surface area contributed by atoms with Gasteiger partial charge in [-0.2, -0.15) is 13.2 Å². The normalized spacial score (nSPS) is 18.5. The van der Waals surface area contributed by atoms with E-state index in [1.165, 1.54) is 31.5 Å². The quantitative estimate of drug-likeness (QED) is 0.0345. The van der Waals surface area contributed by atoms with Crippen molar-refractivity contribution in [1.29, 1.82) is 0 Å². The summed E-state index contributed by atoms with van der Waals surface area (Å²) in [5.74, 6) is -2.75. The SMILES string of the molecule is CC(=O)CCOCCOCCOCCC(=O)NCCC(=O)Nc1cc(C[n+]2cnc(N)c3c(-c4ccc5c(c4)CCN5C(=O)Cc4cccc(C(F)(F)F)c4)cn(C)c32)ccc1O[C@@H]1O[C@H](C(=O)O)[C@@H](O)[C@H](O)[C@H]1O. The third-order valence-electron chi connectivity index (χ3n) is 12.4. The number of aryl methyl sites for hydroxylation is 1. The molecule has 0 aliphatic carbocycles. The number of fused-ring (bicyclic) bond motifs is 2. The number of ether oxygens (including phenoxy) is 5. The average molecular weight is 1050 g/mol. The van der Waals surface area contributed by atoms with Crippen LogP contribution in [0.3, 0.4) is 0 Å². The lowest BCUT2D eigenvalue weighted by Crippen LogP contribution is -2.61. The van der Waals surface area contributed by atoms with E-state index in [1.54, 1.807) is 23.1 Å². The second-order valence-electron chi connectivity index (χ2n) is 18.0. The Morgan fingerprint density at radius 3 is 2.29 bits per heavy atom. The molecular formula is C51H59F3N7O14+. The molecule has 5 aromatic rings. The number of nitrogens with zero attached hydrogens (tertiary/aromatic N) is 4. The summed E-state index contributed by atoms with van der Waals surface area (Å²) < 4.78 is 71.1. The van der Waals surface area contributed by atoms with Crippen LogP contribution in [-0.2, 0) is 75.5 Å². The van der Waals surface area contributed by atoms with Gasteiger partial charge in [-0.1, -0.05) is 35.3 Å². The topological polar surface area (TPSA) is 287 Å². The van der Waals surface area contributed by atoms with E-state index in [1.807, 2.05) is 34.5 Å². The number of anilines is 3. The minimum atomic E-state index is -4.54. The number of nitrogens with two attached hydrogens (primary N) is 1. The molecule has 21 nitrogen and oxygen atoms in total. The lowest BCUT2D eigenvalue weighted by atomic mass is 9.99. The lowest BCUT2D eigenvalue weighted by molar-refractivity contribution is -0.667. The number of hydrogen-bond donors (Lipinski definition) is 7. The molecule has 75 heavy (non-hydrogen) atoms. The van der Waals surface area contributed by atoms with Gasteiger partial charge in [0.05, 0.1) is 77.1 Å². The summed E-state index contributed by atoms with van der Waals surface area (Å²) in [5, 5.41) is 47.0. The van der Waals surface area contributed by atoms with E-state index in [4.69, 9.17) is 29.4 Å². The molecule has 7 rings (SSSR count). The van der Waals surface area contributed by atoms with E-state index >= 15 is 0 Å². The standard InChI is InChI=1S/C51H58F3N7O14/c1-29(62)12-16-71-18-20-73-21-19-72-17-13-39(63)56-14-10-40(64)58-36-23-31(6-9-38(36)74-50-45(68)43(66)44(67)46(75-50)49(69)70)26-60-28-57-47(55)42-35(27-59(2)48(42)60)32-7-8-37-33(25-32)11-15-61(37)41(65)24-30-4-3-5-34(22-30)51(52,53)54/h3-9,22-23,25,27-28,43-46,50,55,66-68H,10-21,24,26H2,1-2H3,(H3,56,58,63,64,69,70)/p+1/t43-,44-,45+,46-,50+/m0/s1. The Labute approximate surface area is 427 Å². The molecule has 3 amide bonds. The third-order valence-corrected chi connectivity index (χ3v) is 12.4. The molecule has 2 aliphatic heterocycles. The number of carboxylic acid groups (broad SMARTS) is 1. The Morgan fingerprint density at radius 1 is 0.867 bits per heavy atom. The number of carboxylic acids is 1. The van der Waals surface area contributed by atoms with Gasteiger partial charge in [0.1, 0.15) is 35.2 Å². The maximum Gasteiger partial charge on any atom is 0.416 e. The van der Waals surface area contributed by atoms with E-state index in [2.05, 4.69) is 15.6 Å². The molecule has 3 aromatic carbocycles. The van der Waals surface area contributed by atoms with E-state index in [0.29, 0.717) is 61.5 Å². The van der Waals surface area contributed by atoms with Gasteiger partial charge in [0, 0.05) is 43.6 Å². The van der Waals surface area contributed by atoms with Gasteiger partial charge in [-0.15, -0.1) is 0 Å². The summed E-state index contributed by atoms with van der Waals surface area (Å²) in [4.78, 5) is 68.2. The molecule has 1 saturated heterocycles. The Balaban J connectivity index is 1.03. The number of alkyl halides is 3. The van der Waals surface area contributed by atoms with Gasteiger partial charge in [0.15, 0.2) is 6.10 Å². The zero-order chi connectivity index (χ0) is 54.0. The smallest absolute Gasteiger partial charge is 0.416 e. The first kappa shape index (κ1) is 55.7. The van der Waals surface area contributed by atoms with Crippen molar-refractivity contribution >= 4 is 57.7 Å². The number of aliphatic hydroxyl groups is 3. The number of aromatic nitrogens is 3. The second kappa shape index (κ2) is 25.0. The van der Waals surface area contributed by atoms with Crippen LogP contribution in [0.5, 0.6) is 5.75 Å². The van der Waals surface area contributed by atoms with Crippen molar-refractivity contribution in [2.45, 2.75) is 82.5 Å². The first-order valence-corrected chi connectivity index (χ1v) is 24.0. The highest BCUT2D eigenvalue weighted by Gasteiger charge is 2.48. The molecule has 2 aliphatic rings. The Kier molecular flexibility index (Phi) is 18.5. The van der Waals surface area contributed by atoms with Crippen LogP contribution in [0.15, 0.2) is 73.2 Å². The summed E-state index contributed by atoms with van der Waals surface area (Å²) in [6.07, 6.45) is -10.3. The molecule has 4 heterocycles. The number of halogens is 3. The molecular weight excluding hydrogens is 992 g/mol. The van der Waals surface area contributed by atoms with E-state index in [-0.39, 0.29) is 92.6 Å². The first-order valence-electron chi connectivity index (χ1n) is 24.0. The number of benzene rings is 3. The highest BCUT2D eigenvalue weighted by Crippen LogP contribution is 2.38. The van der Waals surface area contributed by atoms with Crippen LogP contribution in [0.1, 0.15) is 48.4 Å². The number of carbonyl (C=O) groups is 5. The van der Waals surface area contributed by atoms with Crippen LogP contribution in [0.4, 0.5) is 30.4 Å². The highest BCUT2D eigenvalue weighted by molar-refractivity contribution is 6.01. The molecule has 8 N–H and O–H groups in total. The van der Waals surface area contributed by atoms with E-state index < -0.39 is 54.3 Å². The fourth-order valence-electron chi connectivity index (χ4n) is 8.64.